The Bertz CT molecular complexity index is 651. The van der Waals surface area contributed by atoms with Crippen LogP contribution in [0.25, 0.3) is 11.0 Å². The molecule has 5 nitrogen and oxygen atoms in total. The molecule has 0 amide bonds. The third-order valence-electron chi connectivity index (χ3n) is 4.15. The number of hydrogen-bond donors (Lipinski definition) is 2. The number of hydrogen-bond acceptors (Lipinski definition) is 4. The van der Waals surface area contributed by atoms with Crippen LogP contribution in [0.4, 0.5) is 5.82 Å². The third-order valence-corrected chi connectivity index (χ3v) is 4.15. The molecule has 1 heterocycles. The van der Waals surface area contributed by atoms with Gasteiger partial charge in [-0.2, -0.15) is 0 Å². The highest BCUT2D eigenvalue weighted by atomic mass is 16.4. The molecule has 21 heavy (non-hydrogen) atoms. The normalized spacial score (nSPS) is 11.6. The van der Waals surface area contributed by atoms with Crippen LogP contribution in [-0.4, -0.2) is 27.6 Å². The van der Waals surface area contributed by atoms with Gasteiger partial charge >= 0.3 is 5.97 Å². The highest BCUT2D eigenvalue weighted by molar-refractivity contribution is 5.77. The summed E-state index contributed by atoms with van der Waals surface area (Å²) >= 11 is 0. The first-order chi connectivity index (χ1) is 10.0. The predicted molar refractivity (Wildman–Crippen MR) is 83.4 cm³/mol. The van der Waals surface area contributed by atoms with Gasteiger partial charge in [-0.3, -0.25) is 4.79 Å². The summed E-state index contributed by atoms with van der Waals surface area (Å²) in [7, 11) is 0. The number of nitrogens with one attached hydrogen (secondary N) is 1. The lowest BCUT2D eigenvalue weighted by molar-refractivity contribution is -0.148. The second-order valence-corrected chi connectivity index (χ2v) is 5.29. The summed E-state index contributed by atoms with van der Waals surface area (Å²) in [6.45, 7) is 6.03. The molecule has 0 bridgehead atoms. The molecule has 1 aromatic heterocycles. The van der Waals surface area contributed by atoms with E-state index in [-0.39, 0.29) is 0 Å². The molecule has 0 fully saturated rings. The standard InChI is InChI=1S/C16H21N3O2/c1-4-16(5-2,15(20)21)10-17-14-11(3)18-12-8-6-7-9-13(12)19-14/h6-9H,4-5,10H2,1-3H3,(H,17,19)(H,20,21). The molecule has 2 rings (SSSR count). The Morgan fingerprint density at radius 1 is 1.19 bits per heavy atom. The number of nitrogens with zero attached hydrogens (tertiary/aromatic N) is 2. The summed E-state index contributed by atoms with van der Waals surface area (Å²) < 4.78 is 0. The molecule has 0 saturated heterocycles. The monoisotopic (exact) mass is 287 g/mol. The van der Waals surface area contributed by atoms with E-state index in [0.717, 1.165) is 16.7 Å². The van der Waals surface area contributed by atoms with Crippen LogP contribution in [0.15, 0.2) is 24.3 Å². The Labute approximate surface area is 124 Å². The van der Waals surface area contributed by atoms with Gasteiger partial charge in [0, 0.05) is 6.54 Å². The number of carboxylic acid groups (broad SMARTS) is 1. The van der Waals surface area contributed by atoms with Crippen LogP contribution >= 0.6 is 0 Å². The molecule has 0 spiro atoms. The van der Waals surface area contributed by atoms with Crippen molar-refractivity contribution in [1.29, 1.82) is 0 Å². The average molecular weight is 287 g/mol. The first kappa shape index (κ1) is 15.2. The Morgan fingerprint density at radius 2 is 1.76 bits per heavy atom. The Morgan fingerprint density at radius 3 is 2.29 bits per heavy atom. The van der Waals surface area contributed by atoms with E-state index in [4.69, 9.17) is 0 Å². The highest BCUT2D eigenvalue weighted by Crippen LogP contribution is 2.27. The van der Waals surface area contributed by atoms with E-state index < -0.39 is 11.4 Å². The summed E-state index contributed by atoms with van der Waals surface area (Å²) in [6, 6.07) is 7.65. The third kappa shape index (κ3) is 2.96. The molecular formula is C16H21N3O2. The number of aliphatic carboxylic acids is 1. The maximum absolute atomic E-state index is 11.5. The van der Waals surface area contributed by atoms with Crippen LogP contribution in [0.5, 0.6) is 0 Å². The maximum atomic E-state index is 11.5. The van der Waals surface area contributed by atoms with Crippen LogP contribution in [0.1, 0.15) is 32.4 Å². The number of rotatable bonds is 6. The molecule has 0 saturated carbocycles. The molecule has 0 aliphatic heterocycles. The largest absolute Gasteiger partial charge is 0.481 e. The van der Waals surface area contributed by atoms with Crippen molar-refractivity contribution in [3.63, 3.8) is 0 Å². The van der Waals surface area contributed by atoms with Gasteiger partial charge in [-0.05, 0) is 31.9 Å². The zero-order valence-corrected chi connectivity index (χ0v) is 12.7. The second-order valence-electron chi connectivity index (χ2n) is 5.29. The zero-order valence-electron chi connectivity index (χ0n) is 12.7. The minimum absolute atomic E-state index is 0.350. The molecule has 2 aromatic rings. The van der Waals surface area contributed by atoms with Crippen molar-refractivity contribution in [1.82, 2.24) is 9.97 Å². The lowest BCUT2D eigenvalue weighted by atomic mass is 9.82. The van der Waals surface area contributed by atoms with E-state index >= 15 is 0 Å². The molecule has 0 unspecified atom stereocenters. The van der Waals surface area contributed by atoms with E-state index in [0.29, 0.717) is 25.2 Å². The highest BCUT2D eigenvalue weighted by Gasteiger charge is 2.34. The number of aromatic nitrogens is 2. The topological polar surface area (TPSA) is 75.1 Å². The van der Waals surface area contributed by atoms with E-state index in [1.165, 1.54) is 0 Å². The van der Waals surface area contributed by atoms with Gasteiger partial charge in [-0.1, -0.05) is 26.0 Å². The SMILES string of the molecule is CCC(CC)(CNc1nc2ccccc2nc1C)C(=O)O. The number of para-hydroxylation sites is 2. The number of fused-ring (bicyclic) bond motifs is 1. The van der Waals surface area contributed by atoms with E-state index in [2.05, 4.69) is 15.3 Å². The van der Waals surface area contributed by atoms with Crippen molar-refractivity contribution < 1.29 is 9.90 Å². The minimum Gasteiger partial charge on any atom is -0.481 e. The molecule has 5 heteroatoms. The summed E-state index contributed by atoms with van der Waals surface area (Å²) in [5.74, 6) is -0.118. The van der Waals surface area contributed by atoms with Crippen molar-refractivity contribution in [2.75, 3.05) is 11.9 Å². The second kappa shape index (κ2) is 6.08. The number of carboxylic acids is 1. The fraction of sp³-hybridized carbons (Fsp3) is 0.438. The molecule has 0 aliphatic carbocycles. The van der Waals surface area contributed by atoms with E-state index in [9.17, 15) is 9.90 Å². The zero-order chi connectivity index (χ0) is 15.5. The first-order valence-corrected chi connectivity index (χ1v) is 7.23. The van der Waals surface area contributed by atoms with E-state index in [1.807, 2.05) is 45.0 Å². The Balaban J connectivity index is 2.27. The molecule has 1 aromatic carbocycles. The molecule has 0 aliphatic rings. The summed E-state index contributed by atoms with van der Waals surface area (Å²) in [5, 5.41) is 12.6. The summed E-state index contributed by atoms with van der Waals surface area (Å²) in [5.41, 5.74) is 1.66. The smallest absolute Gasteiger partial charge is 0.311 e. The van der Waals surface area contributed by atoms with Gasteiger partial charge in [0.25, 0.3) is 0 Å². The molecule has 0 radical (unpaired) electrons. The summed E-state index contributed by atoms with van der Waals surface area (Å²) in [6.07, 6.45) is 1.15. The number of carbonyl (C=O) groups is 1. The van der Waals surface area contributed by atoms with Gasteiger partial charge in [0.2, 0.25) is 0 Å². The maximum Gasteiger partial charge on any atom is 0.311 e. The first-order valence-electron chi connectivity index (χ1n) is 7.23. The fourth-order valence-corrected chi connectivity index (χ4v) is 2.39. The average Bonchev–Trinajstić information content (AvgIpc) is 2.48. The van der Waals surface area contributed by atoms with Gasteiger partial charge in [0.05, 0.1) is 22.1 Å². The van der Waals surface area contributed by atoms with E-state index in [1.54, 1.807) is 0 Å². The Kier molecular flexibility index (Phi) is 4.40. The van der Waals surface area contributed by atoms with Gasteiger partial charge in [0.15, 0.2) is 0 Å². The lowest BCUT2D eigenvalue weighted by Crippen LogP contribution is -2.37. The van der Waals surface area contributed by atoms with Crippen LogP contribution in [0.2, 0.25) is 0 Å². The number of benzene rings is 1. The minimum atomic E-state index is -0.772. The molecule has 112 valence electrons. The van der Waals surface area contributed by atoms with Crippen LogP contribution in [-0.2, 0) is 4.79 Å². The lowest BCUT2D eigenvalue weighted by Gasteiger charge is -2.27. The van der Waals surface area contributed by atoms with Crippen LogP contribution in [0, 0.1) is 12.3 Å². The van der Waals surface area contributed by atoms with Gasteiger partial charge in [-0.25, -0.2) is 9.97 Å². The van der Waals surface area contributed by atoms with Crippen molar-refractivity contribution in [3.8, 4) is 0 Å². The van der Waals surface area contributed by atoms with Gasteiger partial charge in [0.1, 0.15) is 5.82 Å². The van der Waals surface area contributed by atoms with Crippen molar-refractivity contribution in [2.24, 2.45) is 5.41 Å². The van der Waals surface area contributed by atoms with Gasteiger partial charge in [-0.15, -0.1) is 0 Å². The van der Waals surface area contributed by atoms with Crippen molar-refractivity contribution >= 4 is 22.8 Å². The number of aryl methyl sites for hydroxylation is 1. The van der Waals surface area contributed by atoms with Crippen LogP contribution < -0.4 is 5.32 Å². The Hall–Kier alpha value is -2.17. The predicted octanol–water partition coefficient (Wildman–Crippen LogP) is 3.24. The van der Waals surface area contributed by atoms with Gasteiger partial charge < -0.3 is 10.4 Å². The summed E-state index contributed by atoms with van der Waals surface area (Å²) in [4.78, 5) is 20.6. The fourth-order valence-electron chi connectivity index (χ4n) is 2.39. The number of anilines is 1. The van der Waals surface area contributed by atoms with Crippen molar-refractivity contribution in [3.05, 3.63) is 30.0 Å². The molecular weight excluding hydrogens is 266 g/mol. The van der Waals surface area contributed by atoms with Crippen molar-refractivity contribution in [2.45, 2.75) is 33.6 Å². The quantitative estimate of drug-likeness (QED) is 0.853. The molecule has 2 N–H and O–H groups in total. The van der Waals surface area contributed by atoms with Crippen LogP contribution in [0.3, 0.4) is 0 Å². The molecule has 0 atom stereocenters.